The zero-order valence-corrected chi connectivity index (χ0v) is 29.9. The van der Waals surface area contributed by atoms with Gasteiger partial charge < -0.3 is 35.5 Å². The molecule has 0 amide bonds. The van der Waals surface area contributed by atoms with Crippen molar-refractivity contribution >= 4 is 35.3 Å². The van der Waals surface area contributed by atoms with Gasteiger partial charge in [0.2, 0.25) is 0 Å². The first-order chi connectivity index (χ1) is 22.1. The molecule has 3 aromatic carbocycles. The Bertz CT molecular complexity index is 1170. The second-order valence-electron chi connectivity index (χ2n) is 10.8. The quantitative estimate of drug-likeness (QED) is 0.0976. The predicted octanol–water partition coefficient (Wildman–Crippen LogP) is 5.54. The molecule has 0 unspecified atom stereocenters. The highest BCUT2D eigenvalue weighted by molar-refractivity contribution is 7.99. The molecule has 10 heteroatoms. The zero-order valence-electron chi connectivity index (χ0n) is 27.5. The Morgan fingerprint density at radius 2 is 0.822 bits per heavy atom. The van der Waals surface area contributed by atoms with E-state index in [2.05, 4.69) is 64.7 Å². The normalized spacial score (nSPS) is 13.3. The van der Waals surface area contributed by atoms with Crippen LogP contribution in [0.5, 0.6) is 17.2 Å². The molecule has 0 aromatic heterocycles. The summed E-state index contributed by atoms with van der Waals surface area (Å²) in [6.45, 7) is 2.77. The minimum atomic E-state index is 0.349. The van der Waals surface area contributed by atoms with Crippen LogP contribution in [0.3, 0.4) is 0 Å². The Morgan fingerprint density at radius 1 is 0.489 bits per heavy atom. The van der Waals surface area contributed by atoms with Crippen molar-refractivity contribution in [3.05, 3.63) is 89.5 Å². The van der Waals surface area contributed by atoms with Crippen molar-refractivity contribution in [2.24, 2.45) is 0 Å². The number of nitrogens with one attached hydrogen (secondary N) is 4. The minimum Gasteiger partial charge on any atom is -0.497 e. The van der Waals surface area contributed by atoms with Crippen molar-refractivity contribution in [3.63, 3.8) is 0 Å². The maximum absolute atomic E-state index is 5.33. The summed E-state index contributed by atoms with van der Waals surface area (Å²) in [5.74, 6) is 8.77. The van der Waals surface area contributed by atoms with E-state index in [4.69, 9.17) is 14.2 Å². The van der Waals surface area contributed by atoms with Gasteiger partial charge in [-0.1, -0.05) is 36.4 Å². The number of ether oxygens (including phenoxy) is 3. The first-order valence-corrected chi connectivity index (χ1v) is 18.9. The molecule has 0 saturated heterocycles. The summed E-state index contributed by atoms with van der Waals surface area (Å²) >= 11 is 5.91. The first-order valence-electron chi connectivity index (χ1n) is 15.5. The molecular weight excluding hydrogens is 621 g/mol. The second-order valence-corrected chi connectivity index (χ2v) is 13.9. The average Bonchev–Trinajstić information content (AvgIpc) is 3.09. The Hall–Kier alpha value is -2.05. The molecule has 0 fully saturated rings. The lowest BCUT2D eigenvalue weighted by molar-refractivity contribution is 0.414. The van der Waals surface area contributed by atoms with Gasteiger partial charge in [-0.2, -0.15) is 35.3 Å². The fraction of sp³-hybridized carbons (Fsp3) is 0.486. The van der Waals surface area contributed by atoms with Gasteiger partial charge in [0.15, 0.2) is 0 Å². The van der Waals surface area contributed by atoms with E-state index in [-0.39, 0.29) is 0 Å². The first kappa shape index (κ1) is 37.4. The number of rotatable bonds is 24. The highest BCUT2D eigenvalue weighted by Crippen LogP contribution is 2.20. The summed E-state index contributed by atoms with van der Waals surface area (Å²) in [7, 11) is 9.22. The third-order valence-electron chi connectivity index (χ3n) is 7.41. The number of methoxy groups -OCH3 is 3. The van der Waals surface area contributed by atoms with Crippen LogP contribution >= 0.6 is 35.3 Å². The monoisotopic (exact) mass is 672 g/mol. The Balaban J connectivity index is 1.50. The van der Waals surface area contributed by atoms with Crippen LogP contribution in [0.25, 0.3) is 0 Å². The molecule has 4 N–H and O–H groups in total. The molecular formula is C35H52N4O3S3. The lowest BCUT2D eigenvalue weighted by Gasteiger charge is -2.26. The van der Waals surface area contributed by atoms with Crippen LogP contribution in [0.15, 0.2) is 72.8 Å². The van der Waals surface area contributed by atoms with E-state index in [0.29, 0.717) is 18.1 Å². The van der Waals surface area contributed by atoms with Crippen LogP contribution in [0.4, 0.5) is 0 Å². The van der Waals surface area contributed by atoms with Gasteiger partial charge in [-0.25, -0.2) is 0 Å². The summed E-state index contributed by atoms with van der Waals surface area (Å²) in [5.41, 5.74) is 3.96. The van der Waals surface area contributed by atoms with E-state index < -0.39 is 0 Å². The minimum absolute atomic E-state index is 0.349. The summed E-state index contributed by atoms with van der Waals surface area (Å²) in [6.07, 6.45) is 0. The molecule has 45 heavy (non-hydrogen) atoms. The summed E-state index contributed by atoms with van der Waals surface area (Å²) in [4.78, 5) is 0. The third kappa shape index (κ3) is 14.9. The molecule has 3 aromatic rings. The Kier molecular flexibility index (Phi) is 18.7. The fourth-order valence-electron chi connectivity index (χ4n) is 4.61. The van der Waals surface area contributed by atoms with Gasteiger partial charge in [-0.3, -0.25) is 0 Å². The molecule has 0 radical (unpaired) electrons. The number of benzene rings is 3. The average molecular weight is 673 g/mol. The van der Waals surface area contributed by atoms with E-state index in [1.165, 1.54) is 16.7 Å². The molecule has 0 aliphatic rings. The molecule has 248 valence electrons. The molecule has 0 heterocycles. The number of likely N-dealkylation sites (N-methyl/N-ethyl adjacent to an activating group) is 2. The van der Waals surface area contributed by atoms with Gasteiger partial charge in [0.05, 0.1) is 21.3 Å². The molecule has 0 spiro atoms. The molecule has 0 aliphatic heterocycles. The highest BCUT2D eigenvalue weighted by Gasteiger charge is 2.16. The largest absolute Gasteiger partial charge is 0.497 e. The van der Waals surface area contributed by atoms with Crippen LogP contribution in [-0.2, 0) is 17.3 Å². The van der Waals surface area contributed by atoms with Crippen LogP contribution in [0, 0.1) is 0 Å². The molecule has 0 saturated carbocycles. The molecule has 7 nitrogen and oxygen atoms in total. The van der Waals surface area contributed by atoms with Crippen LogP contribution in [0.2, 0.25) is 0 Å². The SMILES string of the molecule is CNC[C@H](CSCc1ccc(OC)cc1)NC[C@H](CSCc1ccc(OC)cc1)NC[C@H](CSCc1ccc(OC)cc1)NC. The number of hydrogen-bond acceptors (Lipinski definition) is 10. The van der Waals surface area contributed by atoms with Gasteiger partial charge >= 0.3 is 0 Å². The van der Waals surface area contributed by atoms with Crippen molar-refractivity contribution in [2.45, 2.75) is 35.4 Å². The summed E-state index contributed by atoms with van der Waals surface area (Å²) in [6, 6.07) is 26.3. The van der Waals surface area contributed by atoms with Crippen molar-refractivity contribution in [1.29, 1.82) is 0 Å². The van der Waals surface area contributed by atoms with Crippen LogP contribution in [0.1, 0.15) is 16.7 Å². The van der Waals surface area contributed by atoms with Crippen molar-refractivity contribution in [2.75, 3.05) is 72.3 Å². The van der Waals surface area contributed by atoms with Gasteiger partial charge in [-0.05, 0) is 67.2 Å². The van der Waals surface area contributed by atoms with Crippen molar-refractivity contribution in [3.8, 4) is 17.2 Å². The molecule has 0 aliphatic carbocycles. The number of hydrogen-bond donors (Lipinski definition) is 4. The summed E-state index contributed by atoms with van der Waals surface area (Å²) in [5, 5.41) is 14.7. The maximum Gasteiger partial charge on any atom is 0.118 e. The lowest BCUT2D eigenvalue weighted by atomic mass is 10.2. The molecule has 3 rings (SSSR count). The van der Waals surface area contributed by atoms with E-state index in [0.717, 1.165) is 71.4 Å². The van der Waals surface area contributed by atoms with Gasteiger partial charge in [0.1, 0.15) is 17.2 Å². The fourth-order valence-corrected chi connectivity index (χ4v) is 7.86. The van der Waals surface area contributed by atoms with Crippen LogP contribution < -0.4 is 35.5 Å². The van der Waals surface area contributed by atoms with E-state index >= 15 is 0 Å². The van der Waals surface area contributed by atoms with Crippen molar-refractivity contribution < 1.29 is 14.2 Å². The van der Waals surface area contributed by atoms with Gasteiger partial charge in [-0.15, -0.1) is 0 Å². The topological polar surface area (TPSA) is 75.8 Å². The maximum atomic E-state index is 5.33. The van der Waals surface area contributed by atoms with E-state index in [1.54, 1.807) is 21.3 Å². The van der Waals surface area contributed by atoms with Gasteiger partial charge in [0, 0.05) is 72.3 Å². The zero-order chi connectivity index (χ0) is 32.1. The standard InChI is InChI=1S/C35H52N4O3S3/c1-36-18-31(25-44-22-28-8-14-34(41-4)15-9-28)39-20-32(26-45-23-29-10-16-35(42-5)17-11-29)38-19-30(37-2)24-43-21-27-6-12-33(40-3)13-7-27/h6-17,30-32,36-39H,18-26H2,1-5H3/t30-,31-,32-/m1/s1. The van der Waals surface area contributed by atoms with Crippen LogP contribution in [-0.4, -0.2) is 90.4 Å². The third-order valence-corrected chi connectivity index (χ3v) is 10.9. The lowest BCUT2D eigenvalue weighted by Crippen LogP contribution is -2.50. The summed E-state index contributed by atoms with van der Waals surface area (Å²) < 4.78 is 15.9. The Morgan fingerprint density at radius 3 is 1.16 bits per heavy atom. The number of thioether (sulfide) groups is 3. The van der Waals surface area contributed by atoms with Crippen molar-refractivity contribution in [1.82, 2.24) is 21.3 Å². The van der Waals surface area contributed by atoms with Gasteiger partial charge in [0.25, 0.3) is 0 Å². The molecule has 3 atom stereocenters. The second kappa shape index (κ2) is 22.5. The smallest absolute Gasteiger partial charge is 0.118 e. The van der Waals surface area contributed by atoms with E-state index in [1.807, 2.05) is 78.7 Å². The molecule has 0 bridgehead atoms. The van der Waals surface area contributed by atoms with E-state index in [9.17, 15) is 0 Å². The highest BCUT2D eigenvalue weighted by atomic mass is 32.2. The Labute approximate surface area is 284 Å². The predicted molar refractivity (Wildman–Crippen MR) is 198 cm³/mol.